The van der Waals surface area contributed by atoms with Gasteiger partial charge in [0.1, 0.15) is 4.90 Å². The summed E-state index contributed by atoms with van der Waals surface area (Å²) in [5, 5.41) is 0. The fourth-order valence-corrected chi connectivity index (χ4v) is 3.41. The monoisotopic (exact) mass is 332 g/mol. The molecule has 18 heavy (non-hydrogen) atoms. The van der Waals surface area contributed by atoms with Crippen LogP contribution in [0.3, 0.4) is 0 Å². The van der Waals surface area contributed by atoms with Crippen molar-refractivity contribution in [3.63, 3.8) is 0 Å². The van der Waals surface area contributed by atoms with E-state index in [1.54, 1.807) is 12.1 Å². The normalized spacial score (nSPS) is 15.8. The lowest BCUT2D eigenvalue weighted by molar-refractivity contribution is 0.573. The van der Waals surface area contributed by atoms with Gasteiger partial charge in [0, 0.05) is 11.0 Å². The third-order valence-corrected chi connectivity index (χ3v) is 5.07. The number of benzene rings is 1. The standard InChI is InChI=1S/C12H17BrN2O2S/c13-10-5-6-12(11(14)8-10)18(16,17)15-7-1-2-9-3-4-9/h5-6,8-9,15H,1-4,7,14H2. The van der Waals surface area contributed by atoms with Crippen LogP contribution in [0.25, 0.3) is 0 Å². The van der Waals surface area contributed by atoms with Crippen LogP contribution in [-0.2, 0) is 10.0 Å². The summed E-state index contributed by atoms with van der Waals surface area (Å²) in [6.07, 6.45) is 4.59. The quantitative estimate of drug-likeness (QED) is 0.621. The first-order chi connectivity index (χ1) is 8.49. The van der Waals surface area contributed by atoms with Gasteiger partial charge in [-0.3, -0.25) is 0 Å². The van der Waals surface area contributed by atoms with E-state index in [2.05, 4.69) is 20.7 Å². The first-order valence-corrected chi connectivity index (χ1v) is 8.31. The molecule has 1 aliphatic rings. The van der Waals surface area contributed by atoms with Crippen molar-refractivity contribution >= 4 is 31.6 Å². The van der Waals surface area contributed by atoms with Gasteiger partial charge in [-0.25, -0.2) is 13.1 Å². The Morgan fingerprint density at radius 3 is 2.72 bits per heavy atom. The molecule has 100 valence electrons. The van der Waals surface area contributed by atoms with Crippen molar-refractivity contribution in [1.82, 2.24) is 4.72 Å². The zero-order chi connectivity index (χ0) is 13.2. The molecule has 2 rings (SSSR count). The molecule has 1 aromatic rings. The number of halogens is 1. The highest BCUT2D eigenvalue weighted by Gasteiger charge is 2.21. The van der Waals surface area contributed by atoms with Gasteiger partial charge in [-0.2, -0.15) is 0 Å². The second-order valence-electron chi connectivity index (χ2n) is 4.67. The molecule has 0 heterocycles. The van der Waals surface area contributed by atoms with Crippen LogP contribution in [0.1, 0.15) is 25.7 Å². The van der Waals surface area contributed by atoms with Gasteiger partial charge in [0.2, 0.25) is 10.0 Å². The highest BCUT2D eigenvalue weighted by molar-refractivity contribution is 9.10. The lowest BCUT2D eigenvalue weighted by Crippen LogP contribution is -2.25. The van der Waals surface area contributed by atoms with E-state index >= 15 is 0 Å². The molecule has 0 unspecified atom stereocenters. The summed E-state index contributed by atoms with van der Waals surface area (Å²) >= 11 is 3.25. The number of nitrogens with two attached hydrogens (primary N) is 1. The largest absolute Gasteiger partial charge is 0.398 e. The molecule has 1 fully saturated rings. The van der Waals surface area contributed by atoms with Gasteiger partial charge in [-0.05, 0) is 37.0 Å². The average molecular weight is 333 g/mol. The first kappa shape index (κ1) is 13.8. The highest BCUT2D eigenvalue weighted by Crippen LogP contribution is 2.33. The van der Waals surface area contributed by atoms with Gasteiger partial charge in [0.15, 0.2) is 0 Å². The predicted molar refractivity (Wildman–Crippen MR) is 75.7 cm³/mol. The van der Waals surface area contributed by atoms with Crippen molar-refractivity contribution < 1.29 is 8.42 Å². The van der Waals surface area contributed by atoms with E-state index < -0.39 is 10.0 Å². The molecule has 0 atom stereocenters. The van der Waals surface area contributed by atoms with Gasteiger partial charge in [-0.15, -0.1) is 0 Å². The molecule has 0 radical (unpaired) electrons. The second kappa shape index (κ2) is 5.59. The van der Waals surface area contributed by atoms with E-state index in [-0.39, 0.29) is 10.6 Å². The summed E-state index contributed by atoms with van der Waals surface area (Å²) in [5.41, 5.74) is 5.98. The summed E-state index contributed by atoms with van der Waals surface area (Å²) in [4.78, 5) is 0.150. The molecule has 4 nitrogen and oxygen atoms in total. The second-order valence-corrected chi connectivity index (χ2v) is 7.32. The Balaban J connectivity index is 1.95. The minimum Gasteiger partial charge on any atom is -0.398 e. The zero-order valence-corrected chi connectivity index (χ0v) is 12.4. The lowest BCUT2D eigenvalue weighted by atomic mass is 10.2. The number of hydrogen-bond donors (Lipinski definition) is 2. The Labute approximate surface area is 116 Å². The average Bonchev–Trinajstić information content (AvgIpc) is 3.07. The molecule has 1 saturated carbocycles. The van der Waals surface area contributed by atoms with Crippen LogP contribution in [0.2, 0.25) is 0 Å². The Hall–Kier alpha value is -0.590. The minimum absolute atomic E-state index is 0.150. The first-order valence-electron chi connectivity index (χ1n) is 6.04. The van der Waals surface area contributed by atoms with Crippen LogP contribution in [0.5, 0.6) is 0 Å². The summed E-state index contributed by atoms with van der Waals surface area (Å²) in [6, 6.07) is 4.79. The van der Waals surface area contributed by atoms with Crippen molar-refractivity contribution in [3.05, 3.63) is 22.7 Å². The Bertz CT molecular complexity index is 527. The molecule has 0 spiro atoms. The van der Waals surface area contributed by atoms with E-state index in [4.69, 9.17) is 5.73 Å². The molecule has 1 aliphatic carbocycles. The summed E-state index contributed by atoms with van der Waals surface area (Å²) in [6.45, 7) is 0.480. The van der Waals surface area contributed by atoms with Crippen molar-refractivity contribution in [3.8, 4) is 0 Å². The lowest BCUT2D eigenvalue weighted by Gasteiger charge is -2.09. The number of anilines is 1. The van der Waals surface area contributed by atoms with Gasteiger partial charge in [0.25, 0.3) is 0 Å². The maximum atomic E-state index is 12.0. The van der Waals surface area contributed by atoms with E-state index in [0.29, 0.717) is 6.54 Å². The minimum atomic E-state index is -3.48. The molecule has 0 saturated heterocycles. The topological polar surface area (TPSA) is 72.2 Å². The molecule has 0 aliphatic heterocycles. The van der Waals surface area contributed by atoms with Crippen LogP contribution in [0.15, 0.2) is 27.6 Å². The van der Waals surface area contributed by atoms with E-state index in [9.17, 15) is 8.42 Å². The third kappa shape index (κ3) is 3.70. The van der Waals surface area contributed by atoms with E-state index in [1.807, 2.05) is 0 Å². The van der Waals surface area contributed by atoms with Crippen LogP contribution < -0.4 is 10.5 Å². The van der Waals surface area contributed by atoms with Crippen molar-refractivity contribution in [1.29, 1.82) is 0 Å². The molecular weight excluding hydrogens is 316 g/mol. The number of hydrogen-bond acceptors (Lipinski definition) is 3. The SMILES string of the molecule is Nc1cc(Br)ccc1S(=O)(=O)NCCCC1CC1. The van der Waals surface area contributed by atoms with Gasteiger partial charge in [-0.1, -0.05) is 28.8 Å². The van der Waals surface area contributed by atoms with E-state index in [0.717, 1.165) is 23.2 Å². The third-order valence-electron chi connectivity index (χ3n) is 3.04. The smallest absolute Gasteiger partial charge is 0.242 e. The molecule has 0 aromatic heterocycles. The van der Waals surface area contributed by atoms with Gasteiger partial charge >= 0.3 is 0 Å². The molecule has 0 amide bonds. The molecule has 3 N–H and O–H groups in total. The fourth-order valence-electron chi connectivity index (χ4n) is 1.85. The number of nitrogen functional groups attached to an aromatic ring is 1. The van der Waals surface area contributed by atoms with Crippen molar-refractivity contribution in [2.75, 3.05) is 12.3 Å². The van der Waals surface area contributed by atoms with Gasteiger partial charge < -0.3 is 5.73 Å². The predicted octanol–water partition coefficient (Wildman–Crippen LogP) is 2.50. The summed E-state index contributed by atoms with van der Waals surface area (Å²) in [7, 11) is -3.48. The molecule has 0 bridgehead atoms. The zero-order valence-electron chi connectivity index (χ0n) is 10.0. The Morgan fingerprint density at radius 1 is 1.39 bits per heavy atom. The molecule has 1 aromatic carbocycles. The highest BCUT2D eigenvalue weighted by atomic mass is 79.9. The number of sulfonamides is 1. The Kier molecular flexibility index (Phi) is 4.29. The van der Waals surface area contributed by atoms with Crippen LogP contribution in [0.4, 0.5) is 5.69 Å². The summed E-state index contributed by atoms with van der Waals surface area (Å²) < 4.78 is 27.4. The van der Waals surface area contributed by atoms with Crippen LogP contribution in [-0.4, -0.2) is 15.0 Å². The van der Waals surface area contributed by atoms with Crippen molar-refractivity contribution in [2.24, 2.45) is 5.92 Å². The molecular formula is C12H17BrN2O2S. The van der Waals surface area contributed by atoms with E-state index in [1.165, 1.54) is 18.9 Å². The fraction of sp³-hybridized carbons (Fsp3) is 0.500. The van der Waals surface area contributed by atoms with Crippen LogP contribution >= 0.6 is 15.9 Å². The Morgan fingerprint density at radius 2 is 2.11 bits per heavy atom. The van der Waals surface area contributed by atoms with Crippen LogP contribution in [0, 0.1) is 5.92 Å². The maximum Gasteiger partial charge on any atom is 0.242 e. The van der Waals surface area contributed by atoms with Gasteiger partial charge in [0.05, 0.1) is 5.69 Å². The number of nitrogens with one attached hydrogen (secondary N) is 1. The molecule has 6 heteroatoms. The number of rotatable bonds is 6. The van der Waals surface area contributed by atoms with Crippen molar-refractivity contribution in [2.45, 2.75) is 30.6 Å². The maximum absolute atomic E-state index is 12.0. The summed E-state index contributed by atoms with van der Waals surface area (Å²) in [5.74, 6) is 0.826.